The van der Waals surface area contributed by atoms with Gasteiger partial charge in [-0.25, -0.2) is 15.0 Å². The van der Waals surface area contributed by atoms with Crippen LogP contribution in [-0.2, 0) is 11.3 Å². The molecule has 2 aromatic carbocycles. The van der Waals surface area contributed by atoms with Gasteiger partial charge in [0, 0.05) is 54.6 Å². The van der Waals surface area contributed by atoms with E-state index in [0.29, 0.717) is 22.5 Å². The number of nitrogens with one attached hydrogen (secondary N) is 2. The van der Waals surface area contributed by atoms with E-state index in [9.17, 15) is 9.59 Å². The summed E-state index contributed by atoms with van der Waals surface area (Å²) in [6, 6.07) is 20.6. The first-order valence-corrected chi connectivity index (χ1v) is 15.2. The van der Waals surface area contributed by atoms with Gasteiger partial charge in [-0.2, -0.15) is 0 Å². The van der Waals surface area contributed by atoms with E-state index in [1.807, 2.05) is 18.5 Å². The fourth-order valence-electron chi connectivity index (χ4n) is 5.75. The number of aromatic nitrogens is 4. The lowest BCUT2D eigenvalue weighted by Gasteiger charge is -2.32. The predicted molar refractivity (Wildman–Crippen MR) is 170 cm³/mol. The van der Waals surface area contributed by atoms with Crippen LogP contribution in [0.3, 0.4) is 0 Å². The topological polar surface area (TPSA) is 113 Å². The average molecular weight is 588 g/mol. The van der Waals surface area contributed by atoms with Crippen molar-refractivity contribution < 1.29 is 9.59 Å². The van der Waals surface area contributed by atoms with E-state index in [4.69, 9.17) is 4.98 Å². The molecular weight excluding hydrogens is 558 g/mol. The summed E-state index contributed by atoms with van der Waals surface area (Å²) < 4.78 is 0. The fourth-order valence-corrected chi connectivity index (χ4v) is 6.42. The van der Waals surface area contributed by atoms with Crippen molar-refractivity contribution in [1.82, 2.24) is 30.6 Å². The molecule has 5 aromatic rings. The summed E-state index contributed by atoms with van der Waals surface area (Å²) in [6.45, 7) is 3.34. The summed E-state index contributed by atoms with van der Waals surface area (Å²) in [5, 5.41) is 9.03. The minimum atomic E-state index is -0.385. The van der Waals surface area contributed by atoms with Crippen molar-refractivity contribution in [3.8, 4) is 11.3 Å². The molecule has 9 nitrogen and oxygen atoms in total. The molecule has 2 fully saturated rings. The Bertz CT molecular complexity index is 1880. The molecule has 2 amide bonds. The number of pyridine rings is 2. The Kier molecular flexibility index (Phi) is 7.53. The Hall–Kier alpha value is -4.67. The number of benzene rings is 2. The molecule has 5 heterocycles. The molecular formula is C33H29N7O2S. The second kappa shape index (κ2) is 11.9. The molecule has 214 valence electrons. The van der Waals surface area contributed by atoms with Crippen molar-refractivity contribution in [2.45, 2.75) is 19.4 Å². The molecule has 2 saturated heterocycles. The highest BCUT2D eigenvalue weighted by atomic mass is 32.2. The van der Waals surface area contributed by atoms with Gasteiger partial charge in [-0.1, -0.05) is 36.4 Å². The summed E-state index contributed by atoms with van der Waals surface area (Å²) >= 11 is 0.891. The highest BCUT2D eigenvalue weighted by molar-refractivity contribution is 8.18. The number of rotatable bonds is 7. The Balaban J connectivity index is 1.02. The molecule has 0 aliphatic carbocycles. The third-order valence-corrected chi connectivity index (χ3v) is 8.78. The number of nitrogens with zero attached hydrogens (tertiary/aromatic N) is 5. The van der Waals surface area contributed by atoms with Crippen molar-refractivity contribution in [1.29, 1.82) is 0 Å². The van der Waals surface area contributed by atoms with Gasteiger partial charge in [0.2, 0.25) is 5.95 Å². The molecule has 10 heteroatoms. The second-order valence-electron chi connectivity index (χ2n) is 10.8. The first kappa shape index (κ1) is 27.2. The monoisotopic (exact) mass is 587 g/mol. The van der Waals surface area contributed by atoms with Crippen LogP contribution in [0.25, 0.3) is 39.0 Å². The molecule has 0 unspecified atom stereocenters. The van der Waals surface area contributed by atoms with Crippen LogP contribution in [0.5, 0.6) is 0 Å². The van der Waals surface area contributed by atoms with Crippen LogP contribution < -0.4 is 15.5 Å². The van der Waals surface area contributed by atoms with Gasteiger partial charge in [0.15, 0.2) is 0 Å². The SMILES string of the molecule is O=C1NC(=O)/C(=C\c2ccnc(N3CCC(CNCc4cc5ccccc5nc4-c4cccc5cnccc45)CC3)n2)S1. The number of imide groups is 1. The molecule has 2 N–H and O–H groups in total. The van der Waals surface area contributed by atoms with Gasteiger partial charge in [0.1, 0.15) is 0 Å². The number of thioether (sulfide) groups is 1. The summed E-state index contributed by atoms with van der Waals surface area (Å²) in [5.74, 6) is 0.795. The summed E-state index contributed by atoms with van der Waals surface area (Å²) in [6.07, 6.45) is 9.12. The van der Waals surface area contributed by atoms with Crippen LogP contribution in [0.2, 0.25) is 0 Å². The van der Waals surface area contributed by atoms with Crippen LogP contribution in [0.15, 0.2) is 84.2 Å². The Labute approximate surface area is 252 Å². The Morgan fingerprint density at radius 1 is 0.977 bits per heavy atom. The molecule has 0 radical (unpaired) electrons. The van der Waals surface area contributed by atoms with Gasteiger partial charge in [-0.15, -0.1) is 0 Å². The van der Waals surface area contributed by atoms with E-state index in [-0.39, 0.29) is 11.1 Å². The highest BCUT2D eigenvalue weighted by Gasteiger charge is 2.26. The predicted octanol–water partition coefficient (Wildman–Crippen LogP) is 5.57. The minimum Gasteiger partial charge on any atom is -0.341 e. The van der Waals surface area contributed by atoms with Crippen molar-refractivity contribution in [2.24, 2.45) is 5.92 Å². The van der Waals surface area contributed by atoms with Gasteiger partial charge in [0.25, 0.3) is 11.1 Å². The molecule has 7 rings (SSSR count). The van der Waals surface area contributed by atoms with Gasteiger partial charge >= 0.3 is 0 Å². The lowest BCUT2D eigenvalue weighted by Crippen LogP contribution is -2.38. The molecule has 2 aliphatic rings. The lowest BCUT2D eigenvalue weighted by atomic mass is 9.96. The molecule has 0 atom stereocenters. The van der Waals surface area contributed by atoms with E-state index < -0.39 is 0 Å². The van der Waals surface area contributed by atoms with Crippen LogP contribution in [0, 0.1) is 5.92 Å². The number of para-hydroxylation sites is 1. The summed E-state index contributed by atoms with van der Waals surface area (Å²) in [5.41, 5.74) is 4.90. The second-order valence-corrected chi connectivity index (χ2v) is 11.8. The van der Waals surface area contributed by atoms with Crippen molar-refractivity contribution >= 4 is 56.6 Å². The normalized spacial score (nSPS) is 16.8. The summed E-state index contributed by atoms with van der Waals surface area (Å²) in [4.78, 5) is 44.4. The van der Waals surface area contributed by atoms with Crippen molar-refractivity contribution in [3.05, 3.63) is 95.4 Å². The first-order chi connectivity index (χ1) is 21.1. The molecule has 0 bridgehead atoms. The number of anilines is 1. The maximum Gasteiger partial charge on any atom is 0.290 e. The average Bonchev–Trinajstić information content (AvgIpc) is 3.36. The maximum atomic E-state index is 11.9. The number of fused-ring (bicyclic) bond motifs is 2. The fraction of sp³-hybridized carbons (Fsp3) is 0.212. The van der Waals surface area contributed by atoms with E-state index in [2.05, 4.69) is 79.0 Å². The van der Waals surface area contributed by atoms with Gasteiger partial charge < -0.3 is 10.2 Å². The molecule has 43 heavy (non-hydrogen) atoms. The van der Waals surface area contributed by atoms with Gasteiger partial charge in [-0.05, 0) is 78.4 Å². The van der Waals surface area contributed by atoms with Crippen LogP contribution >= 0.6 is 11.8 Å². The van der Waals surface area contributed by atoms with Crippen LogP contribution in [0.4, 0.5) is 10.7 Å². The smallest absolute Gasteiger partial charge is 0.290 e. The number of amides is 2. The quantitative estimate of drug-likeness (QED) is 0.236. The zero-order valence-electron chi connectivity index (χ0n) is 23.4. The van der Waals surface area contributed by atoms with E-state index in [1.54, 1.807) is 18.3 Å². The van der Waals surface area contributed by atoms with Crippen molar-refractivity contribution in [3.63, 3.8) is 0 Å². The van der Waals surface area contributed by atoms with Crippen LogP contribution in [-0.4, -0.2) is 50.7 Å². The largest absolute Gasteiger partial charge is 0.341 e. The van der Waals surface area contributed by atoms with E-state index in [1.165, 1.54) is 5.56 Å². The van der Waals surface area contributed by atoms with Gasteiger partial charge in [0.05, 0.1) is 21.8 Å². The highest BCUT2D eigenvalue weighted by Crippen LogP contribution is 2.32. The number of hydrogen-bond donors (Lipinski definition) is 2. The van der Waals surface area contributed by atoms with Gasteiger partial charge in [-0.3, -0.25) is 19.9 Å². The zero-order chi connectivity index (χ0) is 29.2. The van der Waals surface area contributed by atoms with E-state index >= 15 is 0 Å². The molecule has 2 aliphatic heterocycles. The Morgan fingerprint density at radius 3 is 2.70 bits per heavy atom. The maximum absolute atomic E-state index is 11.9. The van der Waals surface area contributed by atoms with Crippen LogP contribution in [0.1, 0.15) is 24.1 Å². The lowest BCUT2D eigenvalue weighted by molar-refractivity contribution is -0.115. The molecule has 3 aromatic heterocycles. The zero-order valence-corrected chi connectivity index (χ0v) is 24.2. The first-order valence-electron chi connectivity index (χ1n) is 14.4. The minimum absolute atomic E-state index is 0.349. The molecule has 0 saturated carbocycles. The number of carbonyl (C=O) groups is 2. The van der Waals surface area contributed by atoms with E-state index in [0.717, 1.165) is 83.7 Å². The number of piperidine rings is 1. The number of carbonyl (C=O) groups excluding carboxylic acids is 2. The Morgan fingerprint density at radius 2 is 1.84 bits per heavy atom. The third-order valence-electron chi connectivity index (χ3n) is 7.97. The molecule has 0 spiro atoms. The summed E-state index contributed by atoms with van der Waals surface area (Å²) in [7, 11) is 0. The standard InChI is InChI=1S/C33H29N7O2S/c41-31-29(43-33(42)39-31)17-25-8-13-36-32(37-25)40-14-10-21(11-15-40)18-35-20-24-16-22-4-1-2-7-28(22)38-30(24)27-6-3-5-23-19-34-12-9-26(23)27/h1-9,12-13,16-17,19,21,35H,10-11,14-15,18,20H2,(H,39,41,42)/b29-17+. The third kappa shape index (κ3) is 5.84. The number of hydrogen-bond acceptors (Lipinski definition) is 9. The van der Waals surface area contributed by atoms with Crippen molar-refractivity contribution in [2.75, 3.05) is 24.5 Å².